The number of halogens is 3. The van der Waals surface area contributed by atoms with E-state index in [0.29, 0.717) is 21.6 Å². The lowest BCUT2D eigenvalue weighted by molar-refractivity contribution is 0.632. The maximum absolute atomic E-state index is 14.3. The van der Waals surface area contributed by atoms with Crippen LogP contribution in [0, 0.1) is 12.7 Å². The molecule has 0 aliphatic carbocycles. The highest BCUT2D eigenvalue weighted by molar-refractivity contribution is 6.31. The number of benzene rings is 2. The fraction of sp³-hybridized carbons (Fsp3) is 0.0476. The molecule has 0 aliphatic rings. The summed E-state index contributed by atoms with van der Waals surface area (Å²) in [5.41, 5.74) is 3.16. The molecule has 0 bridgehead atoms. The molecule has 3 aromatic rings. The van der Waals surface area contributed by atoms with E-state index in [1.807, 2.05) is 19.1 Å². The average Bonchev–Trinajstić information content (AvgIpc) is 2.66. The number of aryl methyl sites for hydroxylation is 1. The number of amidine groups is 1. The quantitative estimate of drug-likeness (QED) is 0.408. The van der Waals surface area contributed by atoms with Crippen LogP contribution in [-0.2, 0) is 0 Å². The minimum atomic E-state index is -0.484. The van der Waals surface area contributed by atoms with Crippen LogP contribution < -0.4 is 5.32 Å². The minimum absolute atomic E-state index is 0.247. The number of aromatic nitrogens is 1. The Morgan fingerprint density at radius 1 is 1.11 bits per heavy atom. The van der Waals surface area contributed by atoms with Crippen molar-refractivity contribution in [3.8, 4) is 0 Å². The van der Waals surface area contributed by atoms with Gasteiger partial charge in [-0.3, -0.25) is 4.98 Å². The maximum Gasteiger partial charge on any atom is 0.148 e. The summed E-state index contributed by atoms with van der Waals surface area (Å²) in [6, 6.07) is 13.5. The van der Waals surface area contributed by atoms with E-state index in [1.165, 1.54) is 6.07 Å². The first-order valence-corrected chi connectivity index (χ1v) is 8.86. The number of rotatable bonds is 4. The van der Waals surface area contributed by atoms with Gasteiger partial charge in [0.1, 0.15) is 11.7 Å². The molecule has 0 radical (unpaired) electrons. The minimum Gasteiger partial charge on any atom is -0.337 e. The molecule has 0 spiro atoms. The van der Waals surface area contributed by atoms with Crippen molar-refractivity contribution in [2.24, 2.45) is 4.99 Å². The van der Waals surface area contributed by atoms with E-state index in [-0.39, 0.29) is 5.69 Å². The zero-order chi connectivity index (χ0) is 19.4. The highest BCUT2D eigenvalue weighted by Gasteiger charge is 2.12. The Morgan fingerprint density at radius 2 is 1.85 bits per heavy atom. The molecule has 3 nitrogen and oxygen atoms in total. The first-order valence-electron chi connectivity index (χ1n) is 8.10. The van der Waals surface area contributed by atoms with Gasteiger partial charge >= 0.3 is 0 Å². The summed E-state index contributed by atoms with van der Waals surface area (Å²) < 4.78 is 14.3. The summed E-state index contributed by atoms with van der Waals surface area (Å²) in [6.45, 7) is 5.93. The summed E-state index contributed by atoms with van der Waals surface area (Å²) in [4.78, 5) is 8.67. The van der Waals surface area contributed by atoms with Crippen molar-refractivity contribution in [1.82, 2.24) is 4.98 Å². The predicted octanol–water partition coefficient (Wildman–Crippen LogP) is 6.37. The van der Waals surface area contributed by atoms with E-state index in [1.54, 1.807) is 42.7 Å². The number of pyridine rings is 1. The van der Waals surface area contributed by atoms with Crippen LogP contribution in [0.1, 0.15) is 16.7 Å². The van der Waals surface area contributed by atoms with E-state index in [0.717, 1.165) is 16.7 Å². The Morgan fingerprint density at radius 3 is 2.56 bits per heavy atom. The summed E-state index contributed by atoms with van der Waals surface area (Å²) >= 11 is 12.0. The Balaban J connectivity index is 2.07. The predicted molar refractivity (Wildman–Crippen MR) is 111 cm³/mol. The topological polar surface area (TPSA) is 37.3 Å². The van der Waals surface area contributed by atoms with Gasteiger partial charge in [0.05, 0.1) is 11.4 Å². The second-order valence-electron chi connectivity index (χ2n) is 5.86. The zero-order valence-corrected chi connectivity index (χ0v) is 16.0. The molecule has 0 unspecified atom stereocenters. The normalized spacial score (nSPS) is 11.3. The van der Waals surface area contributed by atoms with Crippen molar-refractivity contribution < 1.29 is 4.39 Å². The maximum atomic E-state index is 14.3. The van der Waals surface area contributed by atoms with E-state index < -0.39 is 5.82 Å². The van der Waals surface area contributed by atoms with Crippen LogP contribution in [0.3, 0.4) is 0 Å². The molecule has 0 saturated heterocycles. The Bertz CT molecular complexity index is 1020. The van der Waals surface area contributed by atoms with Gasteiger partial charge in [-0.1, -0.05) is 35.8 Å². The van der Waals surface area contributed by atoms with Crippen LogP contribution in [-0.4, -0.2) is 10.8 Å². The molecule has 0 fully saturated rings. The van der Waals surface area contributed by atoms with E-state index in [9.17, 15) is 4.39 Å². The smallest absolute Gasteiger partial charge is 0.148 e. The zero-order valence-electron chi connectivity index (χ0n) is 14.5. The molecule has 0 saturated carbocycles. The summed E-state index contributed by atoms with van der Waals surface area (Å²) in [5.74, 6) is -0.0630. The van der Waals surface area contributed by atoms with Gasteiger partial charge < -0.3 is 5.32 Å². The third kappa shape index (κ3) is 4.73. The highest BCUT2D eigenvalue weighted by Crippen LogP contribution is 2.23. The number of nitrogens with one attached hydrogen (secondary N) is 1. The molecule has 27 heavy (non-hydrogen) atoms. The molecule has 1 aromatic heterocycles. The van der Waals surface area contributed by atoms with Crippen molar-refractivity contribution in [3.63, 3.8) is 0 Å². The number of anilines is 1. The van der Waals surface area contributed by atoms with E-state index in [4.69, 9.17) is 23.2 Å². The monoisotopic (exact) mass is 399 g/mol. The second-order valence-corrected chi connectivity index (χ2v) is 6.73. The Labute approximate surface area is 167 Å². The van der Waals surface area contributed by atoms with Gasteiger partial charge in [0.2, 0.25) is 0 Å². The van der Waals surface area contributed by atoms with Crippen LogP contribution >= 0.6 is 23.2 Å². The molecule has 0 atom stereocenters. The fourth-order valence-electron chi connectivity index (χ4n) is 2.46. The average molecular weight is 400 g/mol. The first kappa shape index (κ1) is 19.1. The fourth-order valence-corrected chi connectivity index (χ4v) is 2.79. The van der Waals surface area contributed by atoms with Crippen LogP contribution in [0.4, 0.5) is 10.1 Å². The third-order valence-corrected chi connectivity index (χ3v) is 4.35. The molecule has 2 aromatic carbocycles. The van der Waals surface area contributed by atoms with Crippen LogP contribution in [0.15, 0.2) is 72.5 Å². The van der Waals surface area contributed by atoms with Crippen LogP contribution in [0.5, 0.6) is 0 Å². The van der Waals surface area contributed by atoms with Gasteiger partial charge in [0, 0.05) is 33.6 Å². The van der Waals surface area contributed by atoms with Crippen molar-refractivity contribution in [3.05, 3.63) is 100 Å². The van der Waals surface area contributed by atoms with Gasteiger partial charge in [-0.2, -0.15) is 0 Å². The lowest BCUT2D eigenvalue weighted by atomic mass is 10.1. The van der Waals surface area contributed by atoms with E-state index >= 15 is 0 Å². The number of hydrogen-bond acceptors (Lipinski definition) is 2. The molecular weight excluding hydrogens is 384 g/mol. The largest absolute Gasteiger partial charge is 0.337 e. The first-order chi connectivity index (χ1) is 12.9. The van der Waals surface area contributed by atoms with Crippen LogP contribution in [0.2, 0.25) is 10.0 Å². The molecule has 6 heteroatoms. The standard InChI is InChI=1S/C21H16Cl2FN3/c1-13-5-6-16(22)10-18(13)21(26-14(2)15-4-3-9-25-12-15)27-20-8-7-17(23)11-19(20)24/h3-12H,2H2,1H3,(H,26,27). The Kier molecular flexibility index (Phi) is 5.89. The van der Waals surface area contributed by atoms with Gasteiger partial charge in [-0.05, 0) is 55.0 Å². The summed E-state index contributed by atoms with van der Waals surface area (Å²) in [5, 5.41) is 3.90. The second kappa shape index (κ2) is 8.33. The number of aliphatic imine (C=N–C) groups is 1. The molecule has 0 amide bonds. The van der Waals surface area contributed by atoms with Crippen molar-refractivity contribution in [1.29, 1.82) is 0 Å². The molecule has 1 heterocycles. The Hall–Kier alpha value is -2.69. The van der Waals surface area contributed by atoms with Crippen molar-refractivity contribution >= 4 is 40.4 Å². The lowest BCUT2D eigenvalue weighted by Crippen LogP contribution is -2.16. The lowest BCUT2D eigenvalue weighted by Gasteiger charge is -2.15. The summed E-state index contributed by atoms with van der Waals surface area (Å²) in [7, 11) is 0. The molecule has 3 rings (SSSR count). The molecule has 1 N–H and O–H groups in total. The molecule has 136 valence electrons. The molecule has 0 aliphatic heterocycles. The van der Waals surface area contributed by atoms with Gasteiger partial charge in [0.15, 0.2) is 0 Å². The summed E-state index contributed by atoms with van der Waals surface area (Å²) in [6.07, 6.45) is 3.33. The van der Waals surface area contributed by atoms with Crippen molar-refractivity contribution in [2.75, 3.05) is 5.32 Å². The number of hydrogen-bond donors (Lipinski definition) is 1. The number of nitrogens with zero attached hydrogens (tertiary/aromatic N) is 2. The van der Waals surface area contributed by atoms with Crippen molar-refractivity contribution in [2.45, 2.75) is 6.92 Å². The van der Waals surface area contributed by atoms with Gasteiger partial charge in [-0.25, -0.2) is 9.38 Å². The highest BCUT2D eigenvalue weighted by atomic mass is 35.5. The van der Waals surface area contributed by atoms with E-state index in [2.05, 4.69) is 21.9 Å². The SMILES string of the molecule is C=C(/N=C(/Nc1ccc(Cl)cc1F)c1cc(Cl)ccc1C)c1cccnc1. The van der Waals surface area contributed by atoms with Crippen LogP contribution in [0.25, 0.3) is 5.70 Å². The van der Waals surface area contributed by atoms with Gasteiger partial charge in [0.25, 0.3) is 0 Å². The third-order valence-electron chi connectivity index (χ3n) is 3.88. The molecular formula is C21H16Cl2FN3. The van der Waals surface area contributed by atoms with Gasteiger partial charge in [-0.15, -0.1) is 0 Å².